The number of phenolic OH excluding ortho intramolecular Hbond substituents is 2. The van der Waals surface area contributed by atoms with Crippen molar-refractivity contribution in [1.29, 1.82) is 0 Å². The topological polar surface area (TPSA) is 664 Å². The van der Waals surface area contributed by atoms with Crippen molar-refractivity contribution in [2.45, 2.75) is 45.5 Å². The van der Waals surface area contributed by atoms with Crippen LogP contribution in [0, 0.1) is 0 Å². The number of nitrogens with zero attached hydrogens (tertiary/aromatic N) is 10. The molecule has 2 unspecified atom stereocenters. The van der Waals surface area contributed by atoms with Gasteiger partial charge < -0.3 is 51.9 Å². The van der Waals surface area contributed by atoms with Crippen molar-refractivity contribution in [1.82, 2.24) is 40.8 Å². The molecule has 18 N–H and O–H groups in total. The van der Waals surface area contributed by atoms with Crippen LogP contribution in [0.4, 0.5) is 69.8 Å². The summed E-state index contributed by atoms with van der Waals surface area (Å²) in [5, 5.41) is 86.2. The smallest absolute Gasteiger partial charge is 0.337 e. The van der Waals surface area contributed by atoms with Crippen LogP contribution >= 0.6 is 21.6 Å². The molecule has 2 amide bonds. The number of anilines is 8. The Kier molecular flexibility index (Phi) is 21.7. The number of rotatable bonds is 29. The Labute approximate surface area is 555 Å². The molecule has 8 rings (SSSR count). The van der Waals surface area contributed by atoms with E-state index in [0.717, 1.165) is 59.7 Å². The van der Waals surface area contributed by atoms with Crippen molar-refractivity contribution in [2.75, 3.05) is 43.6 Å². The number of hydrazine groups is 2. The van der Waals surface area contributed by atoms with Gasteiger partial charge in [0.2, 0.25) is 47.5 Å². The van der Waals surface area contributed by atoms with E-state index in [-0.39, 0.29) is 11.4 Å². The van der Waals surface area contributed by atoms with Crippen LogP contribution in [0.15, 0.2) is 125 Å². The quantitative estimate of drug-likeness (QED) is 0.00940. The van der Waals surface area contributed by atoms with Crippen LogP contribution in [0.5, 0.6) is 11.5 Å². The summed E-state index contributed by atoms with van der Waals surface area (Å²) in [7, 11) is -19.9. The van der Waals surface area contributed by atoms with Gasteiger partial charge in [-0.25, -0.2) is 19.2 Å². The number of aromatic nitrogens is 6. The zero-order valence-corrected chi connectivity index (χ0v) is 53.7. The standard InChI is InChI=1S/C50H44N18O24S6/c1-19(69)61-67-49-57-45(51-29-15-23(95(81,82)83)11-21-13-33(97(87,88)89)37(39(71)35(21)29)65-63-27-9-5-3-7-25(27)41(73)74)55-47(59-49)53-31(43(77)78)17-93-94-18-32(44(79)80)54-48-56-46(58-50(60-48)68-62-20(2)70)52-30-16-24(96(84,85)86)12-22-14-34(98(90,91)92)38(40(72)36(22)30)66-64-28-10-6-4-8-26(28)42(75)76/h3-16,31-32,71-72H,17-18H2,1-2H3,(H,61,69)(H,62,70)(H,73,74)(H,75,76)(H,77,78)(H,79,80)(H,81,82,83)(H,84,85,86)(H,87,88,89)(H,90,91,92)(H3,51,53,55,57,59,67)(H3,52,54,56,58,60,68)/b65-63+,66-64+. The summed E-state index contributed by atoms with van der Waals surface area (Å²) in [5.74, 6) is -14.9. The normalized spacial score (nSPS) is 12.6. The number of aromatic carboxylic acids is 2. The number of carbonyl (C=O) groups is 6. The van der Waals surface area contributed by atoms with Crippen molar-refractivity contribution >= 4 is 189 Å². The molecule has 514 valence electrons. The van der Waals surface area contributed by atoms with Crippen LogP contribution in [0.3, 0.4) is 0 Å². The first-order chi connectivity index (χ1) is 45.9. The number of aliphatic carboxylic acids is 2. The minimum atomic E-state index is -5.41. The molecule has 0 saturated carbocycles. The maximum Gasteiger partial charge on any atom is 0.337 e. The molecule has 98 heavy (non-hydrogen) atoms. The molecule has 8 aromatic rings. The largest absolute Gasteiger partial charge is 0.505 e. The molecule has 0 aliphatic heterocycles. The van der Waals surface area contributed by atoms with E-state index < -0.39 is 222 Å². The number of hydrogen-bond acceptors (Lipinski definition) is 34. The third-order valence-electron chi connectivity index (χ3n) is 12.4. The highest BCUT2D eigenvalue weighted by Gasteiger charge is 2.30. The number of azo groups is 2. The van der Waals surface area contributed by atoms with E-state index >= 15 is 0 Å². The Morgan fingerprint density at radius 2 is 0.796 bits per heavy atom. The lowest BCUT2D eigenvalue weighted by atomic mass is 10.1. The Balaban J connectivity index is 1.08. The van der Waals surface area contributed by atoms with E-state index in [1.165, 1.54) is 24.3 Å². The Morgan fingerprint density at radius 1 is 0.459 bits per heavy atom. The summed E-state index contributed by atoms with van der Waals surface area (Å²) in [6.45, 7) is 2.09. The lowest BCUT2D eigenvalue weighted by Gasteiger charge is -2.18. The number of carbonyl (C=O) groups excluding carboxylic acids is 2. The first-order valence-electron chi connectivity index (χ1n) is 26.3. The molecule has 0 spiro atoms. The monoisotopic (exact) mass is 1470 g/mol. The fourth-order valence-electron chi connectivity index (χ4n) is 8.22. The van der Waals surface area contributed by atoms with E-state index in [1.807, 2.05) is 0 Å². The predicted molar refractivity (Wildman–Crippen MR) is 342 cm³/mol. The average Bonchev–Trinajstić information content (AvgIpc) is 0.755. The predicted octanol–water partition coefficient (Wildman–Crippen LogP) is 5.21. The number of fused-ring (bicyclic) bond motifs is 2. The Bertz CT molecular complexity index is 4860. The van der Waals surface area contributed by atoms with E-state index in [1.54, 1.807) is 0 Å². The minimum absolute atomic E-state index is 0.372. The third-order valence-corrected chi connectivity index (χ3v) is 18.2. The van der Waals surface area contributed by atoms with Gasteiger partial charge in [0.1, 0.15) is 44.6 Å². The van der Waals surface area contributed by atoms with Gasteiger partial charge in [0.05, 0.1) is 32.3 Å². The molecule has 2 atom stereocenters. The second kappa shape index (κ2) is 29.3. The van der Waals surface area contributed by atoms with Gasteiger partial charge in [0, 0.05) is 36.1 Å². The number of nitrogens with one attached hydrogen (secondary N) is 8. The molecule has 6 aromatic carbocycles. The highest BCUT2D eigenvalue weighted by Crippen LogP contribution is 2.48. The second-order valence-electron chi connectivity index (χ2n) is 19.3. The van der Waals surface area contributed by atoms with Gasteiger partial charge in [-0.15, -0.1) is 20.5 Å². The van der Waals surface area contributed by atoms with Gasteiger partial charge in [-0.2, -0.15) is 63.6 Å². The molecule has 48 heteroatoms. The zero-order chi connectivity index (χ0) is 71.9. The van der Waals surface area contributed by atoms with E-state index in [4.69, 9.17) is 0 Å². The minimum Gasteiger partial charge on any atom is -0.505 e. The molecular formula is C50H44N18O24S6. The van der Waals surface area contributed by atoms with Gasteiger partial charge in [-0.1, -0.05) is 45.9 Å². The fourth-order valence-corrected chi connectivity index (χ4v) is 12.9. The number of benzene rings is 6. The van der Waals surface area contributed by atoms with Gasteiger partial charge in [0.25, 0.3) is 40.5 Å². The van der Waals surface area contributed by atoms with Crippen LogP contribution in [-0.2, 0) is 59.7 Å². The van der Waals surface area contributed by atoms with E-state index in [2.05, 4.69) is 93.3 Å². The highest BCUT2D eigenvalue weighted by atomic mass is 33.1. The van der Waals surface area contributed by atoms with Crippen molar-refractivity contribution in [2.24, 2.45) is 20.5 Å². The van der Waals surface area contributed by atoms with Gasteiger partial charge in [-0.05, 0) is 71.4 Å². The molecule has 42 nitrogen and oxygen atoms in total. The molecule has 0 fully saturated rings. The van der Waals surface area contributed by atoms with Gasteiger partial charge >= 0.3 is 23.9 Å². The molecule has 0 bridgehead atoms. The molecule has 0 radical (unpaired) electrons. The Hall–Kier alpha value is -11.4. The van der Waals surface area contributed by atoms with Gasteiger partial charge in [0.15, 0.2) is 11.5 Å². The van der Waals surface area contributed by atoms with Crippen molar-refractivity contribution in [3.05, 3.63) is 96.1 Å². The zero-order valence-electron chi connectivity index (χ0n) is 48.8. The molecule has 2 aromatic heterocycles. The number of carboxylic acids is 4. The molecule has 2 heterocycles. The molecule has 0 saturated heterocycles. The number of amides is 2. The molecule has 0 aliphatic rings. The van der Waals surface area contributed by atoms with Crippen molar-refractivity contribution in [3.63, 3.8) is 0 Å². The van der Waals surface area contributed by atoms with Crippen LogP contribution in [0.1, 0.15) is 34.6 Å². The number of hydrogen-bond donors (Lipinski definition) is 18. The second-order valence-corrected chi connectivity index (χ2v) is 27.5. The highest BCUT2D eigenvalue weighted by molar-refractivity contribution is 8.76. The van der Waals surface area contributed by atoms with Crippen molar-refractivity contribution in [3.8, 4) is 11.5 Å². The maximum atomic E-state index is 12.8. The Morgan fingerprint density at radius 3 is 1.11 bits per heavy atom. The van der Waals surface area contributed by atoms with Gasteiger partial charge in [-0.3, -0.25) is 49.5 Å². The first-order valence-corrected chi connectivity index (χ1v) is 34.5. The summed E-state index contributed by atoms with van der Waals surface area (Å²) < 4.78 is 142. The number of aromatic hydroxyl groups is 2. The van der Waals surface area contributed by atoms with Crippen LogP contribution in [-0.4, -0.2) is 172 Å². The molecular weight excluding hydrogens is 1430 g/mol. The first kappa shape index (κ1) is 72.4. The molecule has 0 aliphatic carbocycles. The summed E-state index contributed by atoms with van der Waals surface area (Å²) in [6, 6.07) is 10.2. The van der Waals surface area contributed by atoms with Crippen LogP contribution < -0.4 is 43.0 Å². The summed E-state index contributed by atoms with van der Waals surface area (Å²) in [6.07, 6.45) is 0. The maximum absolute atomic E-state index is 12.8. The lowest BCUT2D eigenvalue weighted by molar-refractivity contribution is -0.138. The summed E-state index contributed by atoms with van der Waals surface area (Å²) in [5.41, 5.74) is 3.98. The average molecular weight is 1470 g/mol. The fraction of sp³-hybridized carbons (Fsp3) is 0.120. The van der Waals surface area contributed by atoms with E-state index in [9.17, 15) is 111 Å². The van der Waals surface area contributed by atoms with E-state index in [0.29, 0.717) is 36.4 Å². The summed E-state index contributed by atoms with van der Waals surface area (Å²) in [4.78, 5) is 93.2. The van der Waals surface area contributed by atoms with Crippen LogP contribution in [0.25, 0.3) is 21.5 Å². The lowest BCUT2D eigenvalue weighted by Crippen LogP contribution is -2.34. The number of carboxylic acid groups (broad SMARTS) is 4. The van der Waals surface area contributed by atoms with Crippen molar-refractivity contribution < 1.29 is 111 Å². The summed E-state index contributed by atoms with van der Waals surface area (Å²) >= 11 is 0. The van der Waals surface area contributed by atoms with Crippen LogP contribution in [0.2, 0.25) is 0 Å². The SMILES string of the molecule is CC(=O)NNc1nc(Nc2cc(S(=O)(=O)O)cc3cc(S(=O)(=O)O)c(/N=N/c4ccccc4C(=O)O)c(O)c23)nc(NC(CSSCC(Nc2nc(NNC(C)=O)nc(Nc3cc(S(=O)(=O)O)cc4cc(S(=O)(=O)O)c(/N=N/c5ccccc5C(=O)O)c(O)c34)n2)C(=O)O)C(=O)O)n1. The third kappa shape index (κ3) is 17.9. The number of phenols is 2.